The molecule has 0 aromatic heterocycles. The number of allylic oxidation sites excluding steroid dienone is 6. The summed E-state index contributed by atoms with van der Waals surface area (Å²) in [6.45, 7) is 7.21. The van der Waals surface area contributed by atoms with E-state index in [1.807, 2.05) is 26.8 Å². The van der Waals surface area contributed by atoms with E-state index in [2.05, 4.69) is 0 Å². The third kappa shape index (κ3) is 3.07. The molecule has 1 heterocycles. The van der Waals surface area contributed by atoms with Gasteiger partial charge in [-0.3, -0.25) is 24.1 Å². The van der Waals surface area contributed by atoms with Crippen molar-refractivity contribution in [3.63, 3.8) is 0 Å². The van der Waals surface area contributed by atoms with Crippen molar-refractivity contribution in [3.8, 4) is 5.75 Å². The van der Waals surface area contributed by atoms with Crippen LogP contribution in [-0.4, -0.2) is 38.9 Å². The fraction of sp³-hybridized carbons (Fsp3) is 0.407. The molecule has 4 aliphatic rings. The number of rotatable bonds is 1. The number of Topliss-reactive ketones (excluding diaryl/α,β-unsaturated/α-hetero) is 1. The first-order valence-electron chi connectivity index (χ1n) is 11.4. The van der Waals surface area contributed by atoms with E-state index in [-0.39, 0.29) is 41.5 Å². The fourth-order valence-electron chi connectivity index (χ4n) is 6.07. The molecule has 33 heavy (non-hydrogen) atoms. The Bertz CT molecular complexity index is 1210. The second-order valence-electron chi connectivity index (χ2n) is 10.5. The molecule has 0 spiro atoms. The van der Waals surface area contributed by atoms with Crippen LogP contribution in [0.4, 0.5) is 0 Å². The van der Waals surface area contributed by atoms with E-state index < -0.39 is 23.3 Å². The van der Waals surface area contributed by atoms with Gasteiger partial charge in [0.2, 0.25) is 11.8 Å². The predicted octanol–water partition coefficient (Wildman–Crippen LogP) is 3.62. The zero-order valence-electron chi connectivity index (χ0n) is 19.2. The van der Waals surface area contributed by atoms with E-state index in [0.717, 1.165) is 11.1 Å². The lowest BCUT2D eigenvalue weighted by atomic mass is 9.59. The topological polar surface area (TPSA) is 91.8 Å². The van der Waals surface area contributed by atoms with Gasteiger partial charge in [0.25, 0.3) is 0 Å². The first kappa shape index (κ1) is 21.6. The van der Waals surface area contributed by atoms with Gasteiger partial charge in [-0.2, -0.15) is 0 Å². The molecule has 1 fully saturated rings. The molecule has 5 rings (SSSR count). The molecule has 3 aliphatic carbocycles. The molecule has 1 aromatic carbocycles. The van der Waals surface area contributed by atoms with Crippen LogP contribution in [0.2, 0.25) is 0 Å². The molecule has 170 valence electrons. The Hall–Kier alpha value is -3.28. The Morgan fingerprint density at radius 1 is 0.970 bits per heavy atom. The van der Waals surface area contributed by atoms with Crippen molar-refractivity contribution in [3.05, 3.63) is 64.3 Å². The molecule has 2 amide bonds. The number of phenolic OH excluding ortho intramolecular Hbond substituents is 1. The van der Waals surface area contributed by atoms with Gasteiger partial charge in [-0.15, -0.1) is 0 Å². The third-order valence-electron chi connectivity index (χ3n) is 7.46. The number of benzene rings is 1. The largest absolute Gasteiger partial charge is 0.508 e. The summed E-state index contributed by atoms with van der Waals surface area (Å²) in [5.74, 6) is -2.39. The van der Waals surface area contributed by atoms with E-state index in [9.17, 15) is 24.3 Å². The number of hydrogen-bond donors (Lipinski definition) is 1. The number of amides is 2. The highest BCUT2D eigenvalue weighted by Crippen LogP contribution is 2.55. The highest BCUT2D eigenvalue weighted by atomic mass is 16.3. The van der Waals surface area contributed by atoms with Gasteiger partial charge in [-0.1, -0.05) is 23.8 Å². The Balaban J connectivity index is 1.68. The molecule has 1 aliphatic heterocycles. The summed E-state index contributed by atoms with van der Waals surface area (Å²) in [6, 6.07) is 6.65. The van der Waals surface area contributed by atoms with Crippen LogP contribution in [-0.2, 0) is 19.2 Å². The van der Waals surface area contributed by atoms with Crippen molar-refractivity contribution >= 4 is 23.4 Å². The minimum Gasteiger partial charge on any atom is -0.508 e. The number of imide groups is 1. The Morgan fingerprint density at radius 2 is 1.64 bits per heavy atom. The zero-order chi connectivity index (χ0) is 23.8. The smallest absolute Gasteiger partial charge is 0.234 e. The minimum atomic E-state index is -0.627. The van der Waals surface area contributed by atoms with Gasteiger partial charge in [-0.25, -0.2) is 0 Å². The summed E-state index contributed by atoms with van der Waals surface area (Å²) < 4.78 is 0. The van der Waals surface area contributed by atoms with E-state index in [0.29, 0.717) is 23.1 Å². The van der Waals surface area contributed by atoms with E-state index in [4.69, 9.17) is 0 Å². The van der Waals surface area contributed by atoms with Crippen LogP contribution < -0.4 is 0 Å². The third-order valence-corrected chi connectivity index (χ3v) is 7.46. The second-order valence-corrected chi connectivity index (χ2v) is 10.5. The summed E-state index contributed by atoms with van der Waals surface area (Å²) in [7, 11) is 0. The predicted molar refractivity (Wildman–Crippen MR) is 121 cm³/mol. The van der Waals surface area contributed by atoms with E-state index >= 15 is 0 Å². The fourth-order valence-corrected chi connectivity index (χ4v) is 6.07. The number of aromatic hydroxyl groups is 1. The Labute approximate surface area is 192 Å². The average Bonchev–Trinajstić information content (AvgIpc) is 3.01. The van der Waals surface area contributed by atoms with Crippen LogP contribution in [0.5, 0.6) is 5.75 Å². The maximum absolute atomic E-state index is 13.6. The summed E-state index contributed by atoms with van der Waals surface area (Å²) in [6.07, 6.45) is 4.10. The molecular formula is C27H27NO5. The highest BCUT2D eigenvalue weighted by molar-refractivity contribution is 6.23. The SMILES string of the molecule is CC1=CC(=O)C2=C(C1=O)[C@@H](c1ccc(O)cc1)C1=CC[C@@H]3C(=O)N(C(C)(C)C)C(=O)[C@@H]3[C@@H]1C2. The lowest BCUT2D eigenvalue weighted by molar-refractivity contribution is -0.145. The lowest BCUT2D eigenvalue weighted by Crippen LogP contribution is -2.46. The van der Waals surface area contributed by atoms with Crippen molar-refractivity contribution in [2.24, 2.45) is 17.8 Å². The molecular weight excluding hydrogens is 418 g/mol. The first-order valence-corrected chi connectivity index (χ1v) is 11.4. The lowest BCUT2D eigenvalue weighted by Gasteiger charge is -2.42. The zero-order valence-corrected chi connectivity index (χ0v) is 19.2. The number of carbonyl (C=O) groups excluding carboxylic acids is 4. The van der Waals surface area contributed by atoms with Crippen LogP contribution in [0.15, 0.2) is 58.7 Å². The molecule has 0 bridgehead atoms. The first-order chi connectivity index (χ1) is 15.5. The maximum atomic E-state index is 13.6. The molecule has 6 heteroatoms. The minimum absolute atomic E-state index is 0.109. The van der Waals surface area contributed by atoms with Gasteiger partial charge in [0.1, 0.15) is 5.75 Å². The molecule has 0 unspecified atom stereocenters. The van der Waals surface area contributed by atoms with Gasteiger partial charge in [0, 0.05) is 28.2 Å². The molecule has 1 N–H and O–H groups in total. The van der Waals surface area contributed by atoms with Crippen LogP contribution in [0.3, 0.4) is 0 Å². The quantitative estimate of drug-likeness (QED) is 0.405. The summed E-state index contributed by atoms with van der Waals surface area (Å²) in [4.78, 5) is 54.5. The summed E-state index contributed by atoms with van der Waals surface area (Å²) >= 11 is 0. The van der Waals surface area contributed by atoms with Crippen molar-refractivity contribution in [2.75, 3.05) is 0 Å². The molecule has 1 saturated heterocycles. The normalized spacial score (nSPS) is 29.5. The van der Waals surface area contributed by atoms with Gasteiger partial charge < -0.3 is 5.11 Å². The van der Waals surface area contributed by atoms with Crippen molar-refractivity contribution in [1.29, 1.82) is 0 Å². The monoisotopic (exact) mass is 445 g/mol. The molecule has 0 radical (unpaired) electrons. The number of carbonyl (C=O) groups is 4. The number of hydrogen-bond acceptors (Lipinski definition) is 5. The standard InChI is InChI=1S/C27H27NO5/c1-13-11-20(30)19-12-18-16(21(23(19)24(13)31)14-5-7-15(29)8-6-14)9-10-17-22(18)26(33)28(25(17)32)27(2,3)4/h5-9,11,17-18,21-22,29H,10,12H2,1-4H3/t17-,18+,21-,22-/m0/s1. The highest BCUT2D eigenvalue weighted by Gasteiger charge is 2.58. The van der Waals surface area contributed by atoms with Crippen LogP contribution in [0, 0.1) is 17.8 Å². The van der Waals surface area contributed by atoms with E-state index in [1.165, 1.54) is 11.0 Å². The van der Waals surface area contributed by atoms with Crippen molar-refractivity contribution < 1.29 is 24.3 Å². The van der Waals surface area contributed by atoms with Crippen LogP contribution >= 0.6 is 0 Å². The molecule has 6 nitrogen and oxygen atoms in total. The Kier molecular flexibility index (Phi) is 4.64. The summed E-state index contributed by atoms with van der Waals surface area (Å²) in [5, 5.41) is 9.80. The molecule has 4 atom stereocenters. The number of fused-ring (bicyclic) bond motifs is 3. The molecule has 0 saturated carbocycles. The maximum Gasteiger partial charge on any atom is 0.234 e. The number of likely N-dealkylation sites (tertiary alicyclic amines) is 1. The van der Waals surface area contributed by atoms with Crippen LogP contribution in [0.1, 0.15) is 52.0 Å². The van der Waals surface area contributed by atoms with Crippen LogP contribution in [0.25, 0.3) is 0 Å². The van der Waals surface area contributed by atoms with Gasteiger partial charge >= 0.3 is 0 Å². The van der Waals surface area contributed by atoms with Gasteiger partial charge in [0.15, 0.2) is 11.6 Å². The van der Waals surface area contributed by atoms with E-state index in [1.54, 1.807) is 31.2 Å². The summed E-state index contributed by atoms with van der Waals surface area (Å²) in [5.41, 5.74) is 2.40. The van der Waals surface area contributed by atoms with Crippen molar-refractivity contribution in [2.45, 2.75) is 52.0 Å². The Morgan fingerprint density at radius 3 is 2.27 bits per heavy atom. The average molecular weight is 446 g/mol. The molecule has 1 aromatic rings. The number of ketones is 2. The van der Waals surface area contributed by atoms with Gasteiger partial charge in [0.05, 0.1) is 11.8 Å². The van der Waals surface area contributed by atoms with Gasteiger partial charge in [-0.05, 0) is 70.2 Å². The van der Waals surface area contributed by atoms with Crippen molar-refractivity contribution in [1.82, 2.24) is 4.90 Å². The number of nitrogens with zero attached hydrogens (tertiary/aromatic N) is 1. The second kappa shape index (κ2) is 7.11. The number of phenols is 1.